The first-order valence-electron chi connectivity index (χ1n) is 3.70. The normalized spacial score (nSPS) is 9.67. The van der Waals surface area contributed by atoms with Crippen LogP contribution in [0, 0.1) is 0 Å². The predicted octanol–water partition coefficient (Wildman–Crippen LogP) is 0.386. The molecule has 0 aliphatic heterocycles. The Morgan fingerprint density at radius 2 is 1.67 bits per heavy atom. The summed E-state index contributed by atoms with van der Waals surface area (Å²) in [4.78, 5) is 21.4. The predicted molar refractivity (Wildman–Crippen MR) is 45.1 cm³/mol. The van der Waals surface area contributed by atoms with Crippen LogP contribution in [0.5, 0.6) is 0 Å². The molecule has 0 fully saturated rings. The summed E-state index contributed by atoms with van der Waals surface area (Å²) >= 11 is 0. The summed E-state index contributed by atoms with van der Waals surface area (Å²) in [6.07, 6.45) is 0.350. The molecule has 0 atom stereocenters. The van der Waals surface area contributed by atoms with E-state index in [0.717, 1.165) is 0 Å². The van der Waals surface area contributed by atoms with Crippen molar-refractivity contribution < 1.29 is 19.1 Å². The van der Waals surface area contributed by atoms with Crippen molar-refractivity contribution in [1.29, 1.82) is 0 Å². The molecular formula is C7H13O4Si. The van der Waals surface area contributed by atoms with Gasteiger partial charge in [-0.1, -0.05) is 13.1 Å². The van der Waals surface area contributed by atoms with Crippen molar-refractivity contribution in [2.24, 2.45) is 0 Å². The van der Waals surface area contributed by atoms with Crippen molar-refractivity contribution in [3.05, 3.63) is 0 Å². The lowest BCUT2D eigenvalue weighted by atomic mass is 10.7. The van der Waals surface area contributed by atoms with E-state index in [9.17, 15) is 9.59 Å². The molecule has 69 valence electrons. The maximum atomic E-state index is 10.8. The van der Waals surface area contributed by atoms with Crippen LogP contribution in [0.1, 0.15) is 6.92 Å². The first-order valence-corrected chi connectivity index (χ1v) is 6.41. The monoisotopic (exact) mass is 189 g/mol. The lowest BCUT2D eigenvalue weighted by Gasteiger charge is -2.04. The zero-order chi connectivity index (χ0) is 9.56. The van der Waals surface area contributed by atoms with E-state index in [1.807, 2.05) is 13.1 Å². The Morgan fingerprint density at radius 1 is 1.17 bits per heavy atom. The van der Waals surface area contributed by atoms with E-state index in [1.165, 1.54) is 0 Å². The first-order chi connectivity index (χ1) is 5.57. The molecule has 0 N–H and O–H groups in total. The average Bonchev–Trinajstić information content (AvgIpc) is 2.00. The van der Waals surface area contributed by atoms with E-state index in [1.54, 1.807) is 6.92 Å². The molecule has 0 saturated heterocycles. The maximum Gasteiger partial charge on any atom is 0.417 e. The average molecular weight is 189 g/mol. The third-order valence-electron chi connectivity index (χ3n) is 0.934. The van der Waals surface area contributed by atoms with Crippen LogP contribution < -0.4 is 0 Å². The van der Waals surface area contributed by atoms with Gasteiger partial charge in [0.1, 0.15) is 0 Å². The molecule has 0 aliphatic carbocycles. The fraction of sp³-hybridized carbons (Fsp3) is 0.714. The number of esters is 2. The highest BCUT2D eigenvalue weighted by atomic mass is 28.3. The van der Waals surface area contributed by atoms with E-state index >= 15 is 0 Å². The minimum Gasteiger partial charge on any atom is -0.461 e. The SMILES string of the molecule is CCOC(=O)C(=O)OC[Si](C)C. The zero-order valence-electron chi connectivity index (χ0n) is 7.55. The number of carbonyl (C=O) groups is 2. The molecule has 0 bridgehead atoms. The summed E-state index contributed by atoms with van der Waals surface area (Å²) in [7, 11) is -0.628. The lowest BCUT2D eigenvalue weighted by Crippen LogP contribution is -2.24. The van der Waals surface area contributed by atoms with Crippen molar-refractivity contribution in [2.75, 3.05) is 12.8 Å². The van der Waals surface area contributed by atoms with Crippen molar-refractivity contribution >= 4 is 20.7 Å². The van der Waals surface area contributed by atoms with Crippen LogP contribution in [0.3, 0.4) is 0 Å². The van der Waals surface area contributed by atoms with Gasteiger partial charge in [0.2, 0.25) is 0 Å². The zero-order valence-corrected chi connectivity index (χ0v) is 8.55. The Hall–Kier alpha value is -0.843. The van der Waals surface area contributed by atoms with E-state index < -0.39 is 20.7 Å². The summed E-state index contributed by atoms with van der Waals surface area (Å²) < 4.78 is 9.08. The van der Waals surface area contributed by atoms with Gasteiger partial charge in [0, 0.05) is 0 Å². The molecule has 0 rings (SSSR count). The van der Waals surface area contributed by atoms with Crippen molar-refractivity contribution in [2.45, 2.75) is 20.0 Å². The molecule has 5 heteroatoms. The topological polar surface area (TPSA) is 52.6 Å². The molecule has 1 radical (unpaired) electrons. The quantitative estimate of drug-likeness (QED) is 0.366. The first kappa shape index (κ1) is 11.2. The molecule has 0 heterocycles. The second-order valence-corrected chi connectivity index (χ2v) is 5.21. The number of hydrogen-bond donors (Lipinski definition) is 0. The second-order valence-electron chi connectivity index (χ2n) is 2.50. The lowest BCUT2D eigenvalue weighted by molar-refractivity contribution is -0.166. The molecule has 0 spiro atoms. The van der Waals surface area contributed by atoms with E-state index in [4.69, 9.17) is 0 Å². The fourth-order valence-electron chi connectivity index (χ4n) is 0.459. The van der Waals surface area contributed by atoms with Gasteiger partial charge in [-0.2, -0.15) is 0 Å². The summed E-state index contributed by atoms with van der Waals surface area (Å²) in [6, 6.07) is 0. The summed E-state index contributed by atoms with van der Waals surface area (Å²) in [5, 5.41) is 0. The van der Waals surface area contributed by atoms with Gasteiger partial charge in [-0.15, -0.1) is 0 Å². The standard InChI is InChI=1S/C7H13O4Si/c1-4-10-6(8)7(9)11-5-12(2)3/h4-5H2,1-3H3. The highest BCUT2D eigenvalue weighted by molar-refractivity contribution is 6.55. The Kier molecular flexibility index (Phi) is 5.36. The smallest absolute Gasteiger partial charge is 0.417 e. The maximum absolute atomic E-state index is 10.8. The number of rotatable bonds is 3. The second kappa shape index (κ2) is 5.76. The van der Waals surface area contributed by atoms with Crippen LogP contribution >= 0.6 is 0 Å². The molecule has 0 saturated carbocycles. The minimum absolute atomic E-state index is 0.198. The molecule has 0 aliphatic rings. The van der Waals surface area contributed by atoms with Crippen LogP contribution in [-0.2, 0) is 19.1 Å². The third kappa shape index (κ3) is 4.89. The van der Waals surface area contributed by atoms with E-state index in [2.05, 4.69) is 9.47 Å². The van der Waals surface area contributed by atoms with Gasteiger partial charge in [-0.05, 0) is 6.92 Å². The van der Waals surface area contributed by atoms with Gasteiger partial charge in [-0.25, -0.2) is 9.59 Å². The Labute approximate surface area is 73.5 Å². The molecule has 0 aromatic carbocycles. The number of hydrogen-bond acceptors (Lipinski definition) is 4. The van der Waals surface area contributed by atoms with Gasteiger partial charge < -0.3 is 9.47 Å². The highest BCUT2D eigenvalue weighted by Crippen LogP contribution is 1.87. The van der Waals surface area contributed by atoms with Crippen LogP contribution in [-0.4, -0.2) is 33.6 Å². The molecule has 0 amide bonds. The van der Waals surface area contributed by atoms with E-state index in [0.29, 0.717) is 6.23 Å². The van der Waals surface area contributed by atoms with Crippen LogP contribution in [0.25, 0.3) is 0 Å². The van der Waals surface area contributed by atoms with E-state index in [-0.39, 0.29) is 6.61 Å². The number of ether oxygens (including phenoxy) is 2. The van der Waals surface area contributed by atoms with Crippen LogP contribution in [0.2, 0.25) is 13.1 Å². The van der Waals surface area contributed by atoms with Gasteiger partial charge in [0.15, 0.2) is 0 Å². The van der Waals surface area contributed by atoms with Crippen LogP contribution in [0.4, 0.5) is 0 Å². The molecule has 12 heavy (non-hydrogen) atoms. The van der Waals surface area contributed by atoms with Crippen molar-refractivity contribution in [3.63, 3.8) is 0 Å². The number of carbonyl (C=O) groups excluding carboxylic acids is 2. The van der Waals surface area contributed by atoms with Crippen molar-refractivity contribution in [3.8, 4) is 0 Å². The van der Waals surface area contributed by atoms with Gasteiger partial charge >= 0.3 is 11.9 Å². The molecule has 4 nitrogen and oxygen atoms in total. The third-order valence-corrected chi connectivity index (χ3v) is 1.66. The van der Waals surface area contributed by atoms with Crippen molar-refractivity contribution in [1.82, 2.24) is 0 Å². The van der Waals surface area contributed by atoms with Crippen LogP contribution in [0.15, 0.2) is 0 Å². The highest BCUT2D eigenvalue weighted by Gasteiger charge is 2.16. The molecular weight excluding hydrogens is 176 g/mol. The summed E-state index contributed by atoms with van der Waals surface area (Å²) in [5.41, 5.74) is 0. The van der Waals surface area contributed by atoms with Gasteiger partial charge in [0.25, 0.3) is 0 Å². The van der Waals surface area contributed by atoms with Gasteiger partial charge in [0.05, 0.1) is 21.6 Å². The van der Waals surface area contributed by atoms with Gasteiger partial charge in [-0.3, -0.25) is 0 Å². The molecule has 0 aromatic heterocycles. The minimum atomic E-state index is -0.902. The summed E-state index contributed by atoms with van der Waals surface area (Å²) in [6.45, 7) is 5.82. The Balaban J connectivity index is 3.65. The fourth-order valence-corrected chi connectivity index (χ4v) is 0.879. The summed E-state index contributed by atoms with van der Waals surface area (Å²) in [5.74, 6) is -1.79. The molecule has 0 aromatic rings. The largest absolute Gasteiger partial charge is 0.461 e. The Morgan fingerprint density at radius 3 is 2.08 bits per heavy atom. The molecule has 0 unspecified atom stereocenters. The Bertz CT molecular complexity index is 167.